The van der Waals surface area contributed by atoms with E-state index < -0.39 is 0 Å². The van der Waals surface area contributed by atoms with Crippen molar-refractivity contribution in [2.45, 2.75) is 19.8 Å². The summed E-state index contributed by atoms with van der Waals surface area (Å²) in [5.74, 6) is 0.588. The van der Waals surface area contributed by atoms with Crippen molar-refractivity contribution >= 4 is 11.7 Å². The number of aromatic nitrogens is 3. The molecule has 1 N–H and O–H groups in total. The van der Waals surface area contributed by atoms with E-state index >= 15 is 0 Å². The Bertz CT molecular complexity index is 572. The molecule has 0 aromatic carbocycles. The third-order valence-electron chi connectivity index (χ3n) is 2.59. The van der Waals surface area contributed by atoms with Crippen molar-refractivity contribution in [3.63, 3.8) is 0 Å². The van der Waals surface area contributed by atoms with E-state index in [1.165, 1.54) is 13.3 Å². The summed E-state index contributed by atoms with van der Waals surface area (Å²) in [6.07, 6.45) is 3.04. The Morgan fingerprint density at radius 3 is 2.79 bits per heavy atom. The maximum atomic E-state index is 11.7. The largest absolute Gasteiger partial charge is 0.467 e. The van der Waals surface area contributed by atoms with Crippen LogP contribution in [0.15, 0.2) is 11.8 Å². The van der Waals surface area contributed by atoms with Gasteiger partial charge in [0.05, 0.1) is 7.11 Å². The summed E-state index contributed by atoms with van der Waals surface area (Å²) in [7, 11) is 1.45. The van der Waals surface area contributed by atoms with Crippen LogP contribution >= 0.6 is 0 Å². The maximum Gasteiger partial charge on any atom is 0.321 e. The predicted octanol–water partition coefficient (Wildman–Crippen LogP) is 0.987. The van der Waals surface area contributed by atoms with Crippen LogP contribution in [0.1, 0.15) is 18.7 Å². The topological polar surface area (TPSA) is 101 Å². The van der Waals surface area contributed by atoms with Crippen LogP contribution in [0.25, 0.3) is 0 Å². The smallest absolute Gasteiger partial charge is 0.321 e. The molecule has 1 fully saturated rings. The number of allylic oxidation sites excluding steroid dienone is 1. The number of ketones is 1. The fourth-order valence-electron chi connectivity index (χ4n) is 1.47. The summed E-state index contributed by atoms with van der Waals surface area (Å²) >= 11 is 0. The molecule has 0 aliphatic heterocycles. The zero-order valence-corrected chi connectivity index (χ0v) is 10.7. The number of anilines is 1. The molecular formula is C12H13N5O2. The van der Waals surface area contributed by atoms with Crippen molar-refractivity contribution in [3.8, 4) is 12.1 Å². The van der Waals surface area contributed by atoms with E-state index in [4.69, 9.17) is 10.00 Å². The number of aryl methyl sites for hydroxylation is 1. The van der Waals surface area contributed by atoms with Gasteiger partial charge in [0.25, 0.3) is 0 Å². The lowest BCUT2D eigenvalue weighted by atomic mass is 10.1. The van der Waals surface area contributed by atoms with Gasteiger partial charge in [0, 0.05) is 12.1 Å². The van der Waals surface area contributed by atoms with Crippen molar-refractivity contribution in [1.29, 1.82) is 5.26 Å². The molecule has 0 unspecified atom stereocenters. The monoisotopic (exact) mass is 259 g/mol. The third kappa shape index (κ3) is 3.25. The first kappa shape index (κ1) is 13.0. The average Bonchev–Trinajstić information content (AvgIpc) is 3.22. The zero-order valence-electron chi connectivity index (χ0n) is 10.7. The first-order chi connectivity index (χ1) is 9.13. The Morgan fingerprint density at radius 1 is 1.47 bits per heavy atom. The van der Waals surface area contributed by atoms with Gasteiger partial charge in [-0.2, -0.15) is 20.2 Å². The van der Waals surface area contributed by atoms with Crippen molar-refractivity contribution in [3.05, 3.63) is 17.6 Å². The van der Waals surface area contributed by atoms with E-state index in [1.54, 1.807) is 6.92 Å². The van der Waals surface area contributed by atoms with Crippen molar-refractivity contribution in [2.75, 3.05) is 12.4 Å². The van der Waals surface area contributed by atoms with Gasteiger partial charge in [-0.15, -0.1) is 0 Å². The van der Waals surface area contributed by atoms with Crippen molar-refractivity contribution in [2.24, 2.45) is 5.92 Å². The second kappa shape index (κ2) is 5.44. The van der Waals surface area contributed by atoms with Gasteiger partial charge in [-0.3, -0.25) is 4.79 Å². The minimum absolute atomic E-state index is 0.00216. The number of carbonyl (C=O) groups is 1. The molecule has 0 atom stereocenters. The van der Waals surface area contributed by atoms with Gasteiger partial charge in [0.2, 0.25) is 5.95 Å². The van der Waals surface area contributed by atoms with Gasteiger partial charge in [0.1, 0.15) is 17.5 Å². The molecule has 1 heterocycles. The van der Waals surface area contributed by atoms with Crippen LogP contribution in [0.4, 0.5) is 5.95 Å². The molecule has 1 aliphatic rings. The highest BCUT2D eigenvalue weighted by atomic mass is 16.5. The number of methoxy groups -OCH3 is 1. The van der Waals surface area contributed by atoms with E-state index in [9.17, 15) is 4.79 Å². The molecule has 0 saturated heterocycles. The molecule has 7 heteroatoms. The van der Waals surface area contributed by atoms with E-state index in [-0.39, 0.29) is 29.2 Å². The maximum absolute atomic E-state index is 11.7. The first-order valence-corrected chi connectivity index (χ1v) is 5.81. The number of hydrogen-bond donors (Lipinski definition) is 1. The van der Waals surface area contributed by atoms with Crippen LogP contribution in [0.5, 0.6) is 6.01 Å². The predicted molar refractivity (Wildman–Crippen MR) is 66.2 cm³/mol. The Balaban J connectivity index is 2.13. The fourth-order valence-corrected chi connectivity index (χ4v) is 1.47. The SMILES string of the molecule is COc1nc(C)nc(N/C=C(\C#N)C(=O)C2CC2)n1. The molecule has 7 nitrogen and oxygen atoms in total. The molecule has 0 radical (unpaired) electrons. The molecule has 19 heavy (non-hydrogen) atoms. The Morgan fingerprint density at radius 2 is 2.21 bits per heavy atom. The van der Waals surface area contributed by atoms with Gasteiger partial charge >= 0.3 is 6.01 Å². The molecular weight excluding hydrogens is 246 g/mol. The normalized spacial score (nSPS) is 14.7. The minimum atomic E-state index is -0.132. The standard InChI is InChI=1S/C12H13N5O2/c1-7-15-11(17-12(16-7)19-2)14-6-9(5-13)10(18)8-3-4-8/h6,8H,3-4H2,1-2H3,(H,14,15,16,17)/b9-6+. The number of hydrogen-bond acceptors (Lipinski definition) is 7. The number of Topliss-reactive ketones (excluding diaryl/α,β-unsaturated/α-hetero) is 1. The van der Waals surface area contributed by atoms with Gasteiger partial charge in [-0.25, -0.2) is 0 Å². The van der Waals surface area contributed by atoms with Gasteiger partial charge in [-0.05, 0) is 19.8 Å². The highest BCUT2D eigenvalue weighted by molar-refractivity contribution is 6.02. The second-order valence-electron chi connectivity index (χ2n) is 4.15. The summed E-state index contributed by atoms with van der Waals surface area (Å²) in [5.41, 5.74) is 0.0829. The highest BCUT2D eigenvalue weighted by Crippen LogP contribution is 2.32. The summed E-state index contributed by atoms with van der Waals surface area (Å²) in [5, 5.41) is 11.7. The van der Waals surface area contributed by atoms with E-state index in [2.05, 4.69) is 20.3 Å². The average molecular weight is 259 g/mol. The van der Waals surface area contributed by atoms with Crippen molar-refractivity contribution < 1.29 is 9.53 Å². The molecule has 0 spiro atoms. The third-order valence-corrected chi connectivity index (χ3v) is 2.59. The lowest BCUT2D eigenvalue weighted by Crippen LogP contribution is -2.07. The first-order valence-electron chi connectivity index (χ1n) is 5.81. The summed E-state index contributed by atoms with van der Waals surface area (Å²) in [4.78, 5) is 23.7. The molecule has 1 aromatic rings. The summed E-state index contributed by atoms with van der Waals surface area (Å²) in [6, 6.07) is 2.06. The van der Waals surface area contributed by atoms with E-state index in [1.807, 2.05) is 6.07 Å². The summed E-state index contributed by atoms with van der Waals surface area (Å²) < 4.78 is 4.91. The zero-order chi connectivity index (χ0) is 13.8. The number of carbonyl (C=O) groups excluding carboxylic acids is 1. The molecule has 0 bridgehead atoms. The molecule has 0 amide bonds. The van der Waals surface area contributed by atoms with Crippen LogP contribution < -0.4 is 10.1 Å². The highest BCUT2D eigenvalue weighted by Gasteiger charge is 2.31. The van der Waals surface area contributed by atoms with Gasteiger partial charge in [-0.1, -0.05) is 0 Å². The number of nitriles is 1. The van der Waals surface area contributed by atoms with E-state index in [0.717, 1.165) is 12.8 Å². The number of ether oxygens (including phenoxy) is 1. The molecule has 98 valence electrons. The Labute approximate surface area is 110 Å². The lowest BCUT2D eigenvalue weighted by molar-refractivity contribution is -0.116. The van der Waals surface area contributed by atoms with Gasteiger partial charge < -0.3 is 10.1 Å². The quantitative estimate of drug-likeness (QED) is 0.621. The summed E-state index contributed by atoms with van der Waals surface area (Å²) in [6.45, 7) is 1.69. The van der Waals surface area contributed by atoms with Crippen molar-refractivity contribution in [1.82, 2.24) is 15.0 Å². The lowest BCUT2D eigenvalue weighted by Gasteiger charge is -2.03. The van der Waals surface area contributed by atoms with Crippen LogP contribution in [-0.2, 0) is 4.79 Å². The second-order valence-corrected chi connectivity index (χ2v) is 4.15. The van der Waals surface area contributed by atoms with Crippen LogP contribution in [0.2, 0.25) is 0 Å². The minimum Gasteiger partial charge on any atom is -0.467 e. The van der Waals surface area contributed by atoms with Crippen LogP contribution in [0, 0.1) is 24.2 Å². The number of nitrogens with one attached hydrogen (secondary N) is 1. The Hall–Kier alpha value is -2.49. The Kier molecular flexibility index (Phi) is 3.71. The molecule has 1 aliphatic carbocycles. The number of nitrogens with zero attached hydrogens (tertiary/aromatic N) is 4. The number of rotatable bonds is 5. The van der Waals surface area contributed by atoms with Crippen LogP contribution in [0.3, 0.4) is 0 Å². The molecule has 2 rings (SSSR count). The van der Waals surface area contributed by atoms with Gasteiger partial charge in [0.15, 0.2) is 5.78 Å². The van der Waals surface area contributed by atoms with Crippen LogP contribution in [-0.4, -0.2) is 27.8 Å². The molecule has 1 aromatic heterocycles. The molecule has 1 saturated carbocycles. The fraction of sp³-hybridized carbons (Fsp3) is 0.417. The van der Waals surface area contributed by atoms with E-state index in [0.29, 0.717) is 5.82 Å².